The van der Waals surface area contributed by atoms with Gasteiger partial charge in [0, 0.05) is 12.8 Å². The van der Waals surface area contributed by atoms with Crippen LogP contribution in [0.3, 0.4) is 0 Å². The van der Waals surface area contributed by atoms with Crippen LogP contribution in [0.2, 0.25) is 0 Å². The van der Waals surface area contributed by atoms with Crippen molar-refractivity contribution in [3.05, 3.63) is 0 Å². The quantitative estimate of drug-likeness (QED) is 0.0821. The van der Waals surface area contributed by atoms with E-state index in [0.29, 0.717) is 19.4 Å². The normalized spacial score (nSPS) is 13.2. The Morgan fingerprint density at radius 1 is 0.744 bits per heavy atom. The van der Waals surface area contributed by atoms with E-state index in [-0.39, 0.29) is 25.3 Å². The van der Waals surface area contributed by atoms with E-state index >= 15 is 0 Å². The standard InChI is InChI=1S/C32H63NO6/c1-6-8-10-12-13-14-15-16-17-19-21-23-30(35)38-29(22-20-18-11-9-7-2)24-25-37-27-28(26-34)33-31(36)39-32(3,4)5/h28-29,34H,6-27H2,1-5H3,(H,33,36)/t28-,29+/m0/s1. The number of carbonyl (C=O) groups is 2. The lowest BCUT2D eigenvalue weighted by atomic mass is 10.0. The molecule has 0 saturated carbocycles. The zero-order chi connectivity index (χ0) is 29.2. The number of amides is 1. The van der Waals surface area contributed by atoms with Crippen molar-refractivity contribution in [1.82, 2.24) is 5.32 Å². The molecule has 2 atom stereocenters. The number of carbonyl (C=O) groups excluding carboxylic acids is 2. The fourth-order valence-corrected chi connectivity index (χ4v) is 4.47. The SMILES string of the molecule is CCCCCCCCCCCCCC(=O)O[C@H](CCCCCCC)CCOC[C@H](CO)NC(=O)OC(C)(C)C. The predicted molar refractivity (Wildman–Crippen MR) is 160 cm³/mol. The fourth-order valence-electron chi connectivity index (χ4n) is 4.47. The van der Waals surface area contributed by atoms with Crippen LogP contribution in [0.5, 0.6) is 0 Å². The van der Waals surface area contributed by atoms with Gasteiger partial charge < -0.3 is 24.6 Å². The zero-order valence-corrected chi connectivity index (χ0v) is 26.2. The third kappa shape index (κ3) is 26.6. The molecule has 0 saturated heterocycles. The topological polar surface area (TPSA) is 94.1 Å². The molecule has 0 aromatic carbocycles. The number of hydrogen-bond acceptors (Lipinski definition) is 6. The highest BCUT2D eigenvalue weighted by Crippen LogP contribution is 2.16. The molecule has 0 spiro atoms. The number of rotatable bonds is 26. The highest BCUT2D eigenvalue weighted by molar-refractivity contribution is 5.69. The summed E-state index contributed by atoms with van der Waals surface area (Å²) in [5.41, 5.74) is -0.604. The number of nitrogens with one attached hydrogen (secondary N) is 1. The molecule has 7 nitrogen and oxygen atoms in total. The van der Waals surface area contributed by atoms with Crippen LogP contribution in [-0.2, 0) is 19.0 Å². The smallest absolute Gasteiger partial charge is 0.408 e. The molecule has 1 amide bonds. The molecule has 0 aliphatic rings. The Kier molecular flexibility index (Phi) is 24.7. The number of ether oxygens (including phenoxy) is 3. The van der Waals surface area contributed by atoms with Gasteiger partial charge in [-0.1, -0.05) is 104 Å². The summed E-state index contributed by atoms with van der Waals surface area (Å²) in [6, 6.07) is -0.545. The van der Waals surface area contributed by atoms with E-state index < -0.39 is 17.7 Å². The number of unbranched alkanes of at least 4 members (excludes halogenated alkanes) is 14. The van der Waals surface area contributed by atoms with E-state index in [1.54, 1.807) is 20.8 Å². The lowest BCUT2D eigenvalue weighted by molar-refractivity contribution is -0.150. The van der Waals surface area contributed by atoms with Crippen LogP contribution in [-0.4, -0.2) is 54.7 Å². The first-order valence-electron chi connectivity index (χ1n) is 16.1. The van der Waals surface area contributed by atoms with Crippen LogP contribution in [0.25, 0.3) is 0 Å². The zero-order valence-electron chi connectivity index (χ0n) is 26.2. The van der Waals surface area contributed by atoms with Gasteiger partial charge in [0.1, 0.15) is 11.7 Å². The Labute approximate surface area is 240 Å². The van der Waals surface area contributed by atoms with Gasteiger partial charge in [-0.15, -0.1) is 0 Å². The van der Waals surface area contributed by atoms with Gasteiger partial charge >= 0.3 is 12.1 Å². The minimum atomic E-state index is -0.604. The van der Waals surface area contributed by atoms with Crippen molar-refractivity contribution in [2.24, 2.45) is 0 Å². The minimum absolute atomic E-state index is 0.107. The summed E-state index contributed by atoms with van der Waals surface area (Å²) in [7, 11) is 0. The van der Waals surface area contributed by atoms with Crippen molar-refractivity contribution in [1.29, 1.82) is 0 Å². The van der Waals surface area contributed by atoms with E-state index in [0.717, 1.165) is 32.1 Å². The van der Waals surface area contributed by atoms with Crippen molar-refractivity contribution in [3.8, 4) is 0 Å². The van der Waals surface area contributed by atoms with Crippen LogP contribution < -0.4 is 5.32 Å². The summed E-state index contributed by atoms with van der Waals surface area (Å²) in [4.78, 5) is 24.5. The molecule has 0 fully saturated rings. The van der Waals surface area contributed by atoms with Gasteiger partial charge in [0.2, 0.25) is 0 Å². The molecule has 0 bridgehead atoms. The maximum atomic E-state index is 12.5. The van der Waals surface area contributed by atoms with Crippen molar-refractivity contribution in [3.63, 3.8) is 0 Å². The summed E-state index contributed by atoms with van der Waals surface area (Å²) < 4.78 is 16.8. The summed E-state index contributed by atoms with van der Waals surface area (Å²) in [5, 5.41) is 12.2. The third-order valence-corrected chi connectivity index (χ3v) is 6.76. The van der Waals surface area contributed by atoms with E-state index in [9.17, 15) is 14.7 Å². The summed E-state index contributed by atoms with van der Waals surface area (Å²) >= 11 is 0. The molecule has 0 aliphatic carbocycles. The molecular formula is C32H63NO6. The first-order valence-corrected chi connectivity index (χ1v) is 16.1. The molecule has 39 heavy (non-hydrogen) atoms. The Hall–Kier alpha value is -1.34. The lowest BCUT2D eigenvalue weighted by Gasteiger charge is -2.23. The molecule has 0 heterocycles. The Bertz CT molecular complexity index is 577. The average molecular weight is 558 g/mol. The second-order valence-corrected chi connectivity index (χ2v) is 12.0. The number of aliphatic hydroxyl groups is 1. The number of esters is 1. The molecule has 2 N–H and O–H groups in total. The molecular weight excluding hydrogens is 494 g/mol. The van der Waals surface area contributed by atoms with Gasteiger partial charge in [0.15, 0.2) is 0 Å². The van der Waals surface area contributed by atoms with E-state index in [4.69, 9.17) is 14.2 Å². The molecule has 0 radical (unpaired) electrons. The van der Waals surface area contributed by atoms with Crippen LogP contribution in [0.15, 0.2) is 0 Å². The molecule has 0 unspecified atom stereocenters. The van der Waals surface area contributed by atoms with E-state index in [1.807, 2.05) is 0 Å². The van der Waals surface area contributed by atoms with Gasteiger partial charge in [-0.2, -0.15) is 0 Å². The van der Waals surface area contributed by atoms with E-state index in [1.165, 1.54) is 77.0 Å². The van der Waals surface area contributed by atoms with Crippen molar-refractivity contribution < 1.29 is 28.9 Å². The van der Waals surface area contributed by atoms with Gasteiger partial charge in [-0.05, 0) is 40.0 Å². The second-order valence-electron chi connectivity index (χ2n) is 12.0. The number of aliphatic hydroxyl groups excluding tert-OH is 1. The largest absolute Gasteiger partial charge is 0.462 e. The number of hydrogen-bond donors (Lipinski definition) is 2. The Morgan fingerprint density at radius 3 is 1.77 bits per heavy atom. The monoisotopic (exact) mass is 557 g/mol. The van der Waals surface area contributed by atoms with Gasteiger partial charge in [0.05, 0.1) is 25.9 Å². The highest BCUT2D eigenvalue weighted by atomic mass is 16.6. The second kappa shape index (κ2) is 25.6. The third-order valence-electron chi connectivity index (χ3n) is 6.76. The van der Waals surface area contributed by atoms with Crippen molar-refractivity contribution in [2.75, 3.05) is 19.8 Å². The maximum Gasteiger partial charge on any atom is 0.408 e. The number of alkyl carbamates (subject to hydrolysis) is 1. The molecule has 0 aliphatic heterocycles. The fraction of sp³-hybridized carbons (Fsp3) is 0.938. The van der Waals surface area contributed by atoms with Crippen LogP contribution >= 0.6 is 0 Å². The average Bonchev–Trinajstić information content (AvgIpc) is 2.87. The van der Waals surface area contributed by atoms with E-state index in [2.05, 4.69) is 19.2 Å². The first kappa shape index (κ1) is 37.7. The molecule has 0 aromatic heterocycles. The summed E-state index contributed by atoms with van der Waals surface area (Å²) in [6.07, 6.45) is 20.9. The van der Waals surface area contributed by atoms with Crippen LogP contribution in [0.4, 0.5) is 4.79 Å². The Morgan fingerprint density at radius 2 is 1.26 bits per heavy atom. The maximum absolute atomic E-state index is 12.5. The minimum Gasteiger partial charge on any atom is -0.462 e. The molecule has 0 rings (SSSR count). The van der Waals surface area contributed by atoms with Gasteiger partial charge in [-0.25, -0.2) is 4.79 Å². The summed E-state index contributed by atoms with van der Waals surface area (Å²) in [5.74, 6) is -0.107. The van der Waals surface area contributed by atoms with Gasteiger partial charge in [0.25, 0.3) is 0 Å². The molecule has 0 aromatic rings. The van der Waals surface area contributed by atoms with Crippen molar-refractivity contribution in [2.45, 2.75) is 174 Å². The van der Waals surface area contributed by atoms with Gasteiger partial charge in [-0.3, -0.25) is 4.79 Å². The molecule has 232 valence electrons. The van der Waals surface area contributed by atoms with Crippen molar-refractivity contribution >= 4 is 12.1 Å². The van der Waals surface area contributed by atoms with Crippen LogP contribution in [0.1, 0.15) is 157 Å². The molecule has 7 heteroatoms. The highest BCUT2D eigenvalue weighted by Gasteiger charge is 2.20. The lowest BCUT2D eigenvalue weighted by Crippen LogP contribution is -2.43. The first-order chi connectivity index (χ1) is 18.7. The summed E-state index contributed by atoms with van der Waals surface area (Å²) in [6.45, 7) is 10.2. The Balaban J connectivity index is 4.26. The van der Waals surface area contributed by atoms with Crippen LogP contribution in [0, 0.1) is 0 Å². The predicted octanol–water partition coefficient (Wildman–Crippen LogP) is 8.25.